The number of amides is 1. The van der Waals surface area contributed by atoms with Crippen LogP contribution in [0.15, 0.2) is 35.7 Å². The first-order chi connectivity index (χ1) is 11.1. The smallest absolute Gasteiger partial charge is 0.258 e. The second-order valence-corrected chi connectivity index (χ2v) is 6.28. The first-order valence-electron chi connectivity index (χ1n) is 7.80. The highest BCUT2D eigenvalue weighted by Crippen LogP contribution is 2.36. The Labute approximate surface area is 134 Å². The molecule has 3 N–H and O–H groups in total. The van der Waals surface area contributed by atoms with Gasteiger partial charge >= 0.3 is 0 Å². The van der Waals surface area contributed by atoms with Crippen molar-refractivity contribution in [2.45, 2.75) is 12.5 Å². The van der Waals surface area contributed by atoms with Gasteiger partial charge in [0, 0.05) is 37.2 Å². The van der Waals surface area contributed by atoms with E-state index in [4.69, 9.17) is 0 Å². The topological polar surface area (TPSA) is 71.6 Å². The minimum atomic E-state index is -0.316. The number of carbonyl (C=O) groups is 1. The van der Waals surface area contributed by atoms with Gasteiger partial charge in [0.25, 0.3) is 5.91 Å². The monoisotopic (exact) mass is 312 g/mol. The minimum Gasteiger partial charge on any atom is -0.494 e. The van der Waals surface area contributed by atoms with Crippen LogP contribution in [0.2, 0.25) is 0 Å². The summed E-state index contributed by atoms with van der Waals surface area (Å²) in [7, 11) is 3.54. The number of benzene rings is 1. The lowest BCUT2D eigenvalue weighted by Crippen LogP contribution is -2.47. The molecule has 0 aliphatic carbocycles. The second kappa shape index (κ2) is 5.03. The Balaban J connectivity index is 1.89. The standard InChI is InChI=1S/C17H20N4O2/c1-20-9-21(2)17(23)13(16(20)22)15-14-11(7-8-18-15)10-5-3-4-6-12(10)19-14/h3-6,15,18-19,22H,7-9H2,1-2H3. The number of aliphatic hydroxyl groups excluding tert-OH is 1. The fourth-order valence-corrected chi connectivity index (χ4v) is 3.64. The van der Waals surface area contributed by atoms with Gasteiger partial charge in [0.1, 0.15) is 0 Å². The SMILES string of the molecule is CN1CN(C)C(O)=C(C2NCCc3c2[nH]c2ccccc32)C1=O. The molecular formula is C17H20N4O2. The predicted molar refractivity (Wildman–Crippen MR) is 87.8 cm³/mol. The van der Waals surface area contributed by atoms with Gasteiger partial charge in [-0.2, -0.15) is 0 Å². The molecule has 0 radical (unpaired) electrons. The molecule has 6 heteroatoms. The number of carbonyl (C=O) groups excluding carboxylic acids is 1. The lowest BCUT2D eigenvalue weighted by atomic mass is 9.93. The van der Waals surface area contributed by atoms with E-state index < -0.39 is 0 Å². The second-order valence-electron chi connectivity index (χ2n) is 6.28. The number of nitrogens with zero attached hydrogens (tertiary/aromatic N) is 2. The normalized spacial score (nSPS) is 22.0. The van der Waals surface area contributed by atoms with Crippen molar-refractivity contribution in [2.75, 3.05) is 27.3 Å². The van der Waals surface area contributed by atoms with Gasteiger partial charge in [-0.1, -0.05) is 18.2 Å². The summed E-state index contributed by atoms with van der Waals surface area (Å²) in [5, 5.41) is 15.1. The van der Waals surface area contributed by atoms with E-state index in [1.54, 1.807) is 23.9 Å². The number of H-pyrrole nitrogens is 1. The van der Waals surface area contributed by atoms with Crippen molar-refractivity contribution in [3.63, 3.8) is 0 Å². The van der Waals surface area contributed by atoms with Crippen LogP contribution in [0.25, 0.3) is 10.9 Å². The Hall–Kier alpha value is -2.47. The molecule has 120 valence electrons. The molecule has 1 aromatic heterocycles. The fraction of sp³-hybridized carbons (Fsp3) is 0.353. The summed E-state index contributed by atoms with van der Waals surface area (Å²) in [6.45, 7) is 1.16. The number of para-hydroxylation sites is 1. The molecule has 2 aromatic rings. The van der Waals surface area contributed by atoms with E-state index in [1.165, 1.54) is 10.9 Å². The maximum atomic E-state index is 12.6. The van der Waals surface area contributed by atoms with Crippen LogP contribution >= 0.6 is 0 Å². The van der Waals surface area contributed by atoms with Crippen LogP contribution in [0.1, 0.15) is 17.3 Å². The Kier molecular flexibility index (Phi) is 3.09. The number of aromatic amines is 1. The molecule has 2 aliphatic rings. The fourth-order valence-electron chi connectivity index (χ4n) is 3.64. The average molecular weight is 312 g/mol. The molecular weight excluding hydrogens is 292 g/mol. The molecule has 1 aromatic carbocycles. The van der Waals surface area contributed by atoms with Gasteiger partial charge in [-0.3, -0.25) is 4.79 Å². The van der Waals surface area contributed by atoms with Gasteiger partial charge in [-0.25, -0.2) is 0 Å². The van der Waals surface area contributed by atoms with Gasteiger partial charge in [0.2, 0.25) is 0 Å². The third-order valence-electron chi connectivity index (χ3n) is 4.75. The molecule has 1 unspecified atom stereocenters. The highest BCUT2D eigenvalue weighted by molar-refractivity contribution is 5.96. The van der Waals surface area contributed by atoms with Gasteiger partial charge in [-0.05, 0) is 18.1 Å². The molecule has 0 fully saturated rings. The Morgan fingerprint density at radius 2 is 2.00 bits per heavy atom. The van der Waals surface area contributed by atoms with E-state index >= 15 is 0 Å². The molecule has 1 amide bonds. The minimum absolute atomic E-state index is 0.0529. The number of hydrogen-bond donors (Lipinski definition) is 3. The maximum absolute atomic E-state index is 12.6. The Morgan fingerprint density at radius 3 is 2.83 bits per heavy atom. The number of nitrogens with one attached hydrogen (secondary N) is 2. The van der Waals surface area contributed by atoms with Gasteiger partial charge in [0.05, 0.1) is 18.3 Å². The average Bonchev–Trinajstić information content (AvgIpc) is 2.93. The number of fused-ring (bicyclic) bond motifs is 3. The van der Waals surface area contributed by atoms with Gasteiger partial charge < -0.3 is 25.2 Å². The maximum Gasteiger partial charge on any atom is 0.258 e. The summed E-state index contributed by atoms with van der Waals surface area (Å²) in [6, 6.07) is 7.85. The van der Waals surface area contributed by atoms with Crippen molar-refractivity contribution in [3.05, 3.63) is 47.0 Å². The van der Waals surface area contributed by atoms with E-state index in [9.17, 15) is 9.90 Å². The third kappa shape index (κ3) is 2.02. The van der Waals surface area contributed by atoms with Crippen LogP contribution in [0.4, 0.5) is 0 Å². The largest absolute Gasteiger partial charge is 0.494 e. The zero-order chi connectivity index (χ0) is 16.1. The molecule has 6 nitrogen and oxygen atoms in total. The van der Waals surface area contributed by atoms with Crippen LogP contribution in [-0.4, -0.2) is 53.1 Å². The summed E-state index contributed by atoms with van der Waals surface area (Å²) in [6.07, 6.45) is 0.907. The summed E-state index contributed by atoms with van der Waals surface area (Å²) in [4.78, 5) is 19.4. The van der Waals surface area contributed by atoms with Crippen molar-refractivity contribution in [2.24, 2.45) is 0 Å². The summed E-state index contributed by atoms with van der Waals surface area (Å²) in [5.74, 6) is -0.0817. The highest BCUT2D eigenvalue weighted by atomic mass is 16.3. The number of hydrogen-bond acceptors (Lipinski definition) is 4. The zero-order valence-electron chi connectivity index (χ0n) is 13.3. The summed E-state index contributed by atoms with van der Waals surface area (Å²) < 4.78 is 0. The Bertz CT molecular complexity index is 823. The third-order valence-corrected chi connectivity index (χ3v) is 4.75. The summed E-state index contributed by atoms with van der Waals surface area (Å²) >= 11 is 0. The molecule has 0 saturated carbocycles. The highest BCUT2D eigenvalue weighted by Gasteiger charge is 2.37. The summed E-state index contributed by atoms with van der Waals surface area (Å²) in [5.41, 5.74) is 3.69. The van der Waals surface area contributed by atoms with E-state index in [2.05, 4.69) is 16.4 Å². The van der Waals surface area contributed by atoms with E-state index in [1.807, 2.05) is 18.2 Å². The van der Waals surface area contributed by atoms with E-state index in [-0.39, 0.29) is 17.8 Å². The number of likely N-dealkylation sites (N-methyl/N-ethyl adjacent to an activating group) is 1. The van der Waals surface area contributed by atoms with Gasteiger partial charge in [0.15, 0.2) is 5.88 Å². The van der Waals surface area contributed by atoms with Gasteiger partial charge in [-0.15, -0.1) is 0 Å². The number of aromatic nitrogens is 1. The van der Waals surface area contributed by atoms with Crippen LogP contribution in [-0.2, 0) is 11.2 Å². The molecule has 0 saturated heterocycles. The Morgan fingerprint density at radius 1 is 1.22 bits per heavy atom. The van der Waals surface area contributed by atoms with E-state index in [0.29, 0.717) is 12.2 Å². The first kappa shape index (κ1) is 14.1. The molecule has 0 bridgehead atoms. The molecule has 3 heterocycles. The van der Waals surface area contributed by atoms with Crippen LogP contribution in [0, 0.1) is 0 Å². The molecule has 0 spiro atoms. The quantitative estimate of drug-likeness (QED) is 0.746. The zero-order valence-corrected chi connectivity index (χ0v) is 13.3. The number of rotatable bonds is 1. The van der Waals surface area contributed by atoms with Crippen molar-refractivity contribution in [1.82, 2.24) is 20.1 Å². The van der Waals surface area contributed by atoms with Crippen LogP contribution in [0.5, 0.6) is 0 Å². The lowest BCUT2D eigenvalue weighted by Gasteiger charge is -2.36. The molecule has 2 aliphatic heterocycles. The first-order valence-corrected chi connectivity index (χ1v) is 7.80. The van der Waals surface area contributed by atoms with Crippen LogP contribution < -0.4 is 5.32 Å². The molecule has 4 rings (SSSR count). The van der Waals surface area contributed by atoms with Crippen molar-refractivity contribution >= 4 is 16.8 Å². The van der Waals surface area contributed by atoms with Crippen molar-refractivity contribution in [1.29, 1.82) is 0 Å². The van der Waals surface area contributed by atoms with Crippen molar-refractivity contribution in [3.8, 4) is 0 Å². The number of aliphatic hydroxyl groups is 1. The molecule has 1 atom stereocenters. The van der Waals surface area contributed by atoms with Crippen LogP contribution in [0.3, 0.4) is 0 Å². The predicted octanol–water partition coefficient (Wildman–Crippen LogP) is 1.49. The lowest BCUT2D eigenvalue weighted by molar-refractivity contribution is -0.130. The molecule has 23 heavy (non-hydrogen) atoms. The van der Waals surface area contributed by atoms with Crippen molar-refractivity contribution < 1.29 is 9.90 Å². The van der Waals surface area contributed by atoms with E-state index in [0.717, 1.165) is 24.2 Å².